The number of carbonyl (C=O) groups is 1. The number of benzene rings is 2. The molecule has 1 saturated heterocycles. The van der Waals surface area contributed by atoms with Crippen molar-refractivity contribution in [1.29, 1.82) is 0 Å². The topological polar surface area (TPSA) is 92.0 Å². The van der Waals surface area contributed by atoms with E-state index >= 15 is 0 Å². The number of fused-ring (bicyclic) bond motifs is 1. The molecule has 2 fully saturated rings. The molecular formula is C27H28FN5O3. The van der Waals surface area contributed by atoms with Crippen molar-refractivity contribution in [3.8, 4) is 11.5 Å². The van der Waals surface area contributed by atoms with Crippen molar-refractivity contribution in [2.24, 2.45) is 0 Å². The molecule has 186 valence electrons. The van der Waals surface area contributed by atoms with E-state index < -0.39 is 0 Å². The molecule has 0 radical (unpaired) electrons. The third-order valence-corrected chi connectivity index (χ3v) is 6.41. The number of nitrogens with zero attached hydrogens (tertiary/aromatic N) is 4. The molecule has 1 aliphatic carbocycles. The van der Waals surface area contributed by atoms with E-state index in [9.17, 15) is 14.3 Å². The summed E-state index contributed by atoms with van der Waals surface area (Å²) in [5.41, 5.74) is 1.05. The lowest BCUT2D eigenvalue weighted by Crippen LogP contribution is -2.37. The first-order valence-electron chi connectivity index (χ1n) is 12.1. The number of aromatic nitrogens is 3. The minimum atomic E-state index is -0.286. The van der Waals surface area contributed by atoms with Gasteiger partial charge in [0.15, 0.2) is 17.1 Å². The maximum atomic E-state index is 12.8. The number of ether oxygens (including phenoxy) is 1. The zero-order chi connectivity index (χ0) is 24.9. The number of hydrogen-bond donors (Lipinski definition) is 2. The van der Waals surface area contributed by atoms with Crippen molar-refractivity contribution in [3.63, 3.8) is 0 Å². The van der Waals surface area contributed by atoms with Gasteiger partial charge in [0.1, 0.15) is 11.6 Å². The van der Waals surface area contributed by atoms with E-state index in [4.69, 9.17) is 4.74 Å². The van der Waals surface area contributed by atoms with Crippen LogP contribution in [0.1, 0.15) is 36.0 Å². The molecule has 36 heavy (non-hydrogen) atoms. The number of aromatic hydroxyl groups is 1. The second-order valence-electron chi connectivity index (χ2n) is 8.95. The van der Waals surface area contributed by atoms with Gasteiger partial charge in [0.05, 0.1) is 11.7 Å². The first-order chi connectivity index (χ1) is 17.6. The lowest BCUT2D eigenvalue weighted by molar-refractivity contribution is 0.0931. The Morgan fingerprint density at radius 2 is 1.89 bits per heavy atom. The van der Waals surface area contributed by atoms with E-state index in [0.29, 0.717) is 12.3 Å². The van der Waals surface area contributed by atoms with Crippen LogP contribution in [0.4, 0.5) is 10.2 Å². The third-order valence-electron chi connectivity index (χ3n) is 6.41. The van der Waals surface area contributed by atoms with Crippen LogP contribution in [0.5, 0.6) is 11.5 Å². The summed E-state index contributed by atoms with van der Waals surface area (Å²) in [5, 5.41) is 18.1. The van der Waals surface area contributed by atoms with Crippen LogP contribution < -0.4 is 15.0 Å². The highest BCUT2D eigenvalue weighted by molar-refractivity contribution is 5.97. The van der Waals surface area contributed by atoms with Crippen molar-refractivity contribution in [1.82, 2.24) is 19.9 Å². The lowest BCUT2D eigenvalue weighted by Gasteiger charge is -2.27. The SMILES string of the molecule is Fc1ccccc1.O=C(N[C@H]1CCN(c2ccc3nccn3n2)C1)c1cccc(OC2CCC2)c1O. The van der Waals surface area contributed by atoms with Crippen molar-refractivity contribution in [3.05, 3.63) is 84.4 Å². The zero-order valence-corrected chi connectivity index (χ0v) is 19.8. The predicted octanol–water partition coefficient (Wildman–Crippen LogP) is 4.20. The van der Waals surface area contributed by atoms with E-state index in [1.807, 2.05) is 18.3 Å². The fraction of sp³-hybridized carbons (Fsp3) is 0.296. The van der Waals surface area contributed by atoms with Crippen LogP contribution >= 0.6 is 0 Å². The number of imidazole rings is 1. The summed E-state index contributed by atoms with van der Waals surface area (Å²) >= 11 is 0. The summed E-state index contributed by atoms with van der Waals surface area (Å²) in [7, 11) is 0. The Kier molecular flexibility index (Phi) is 6.97. The summed E-state index contributed by atoms with van der Waals surface area (Å²) in [6.45, 7) is 1.47. The van der Waals surface area contributed by atoms with Gasteiger partial charge >= 0.3 is 0 Å². The number of anilines is 1. The third kappa shape index (κ3) is 5.40. The first-order valence-corrected chi connectivity index (χ1v) is 12.1. The molecule has 1 aliphatic heterocycles. The van der Waals surface area contributed by atoms with Crippen LogP contribution in [0.25, 0.3) is 5.65 Å². The van der Waals surface area contributed by atoms with Crippen LogP contribution in [0, 0.1) is 5.82 Å². The average Bonchev–Trinajstić information content (AvgIpc) is 3.52. The summed E-state index contributed by atoms with van der Waals surface area (Å²) in [6, 6.07) is 16.9. The summed E-state index contributed by atoms with van der Waals surface area (Å²) in [6.07, 6.45) is 7.62. The van der Waals surface area contributed by atoms with E-state index in [0.717, 1.165) is 43.7 Å². The number of halogens is 1. The van der Waals surface area contributed by atoms with Crippen molar-refractivity contribution in [2.45, 2.75) is 37.8 Å². The van der Waals surface area contributed by atoms with Crippen molar-refractivity contribution < 1.29 is 19.0 Å². The van der Waals surface area contributed by atoms with Gasteiger partial charge in [-0.2, -0.15) is 0 Å². The highest BCUT2D eigenvalue weighted by Crippen LogP contribution is 2.34. The number of rotatable bonds is 5. The molecule has 0 spiro atoms. The van der Waals surface area contributed by atoms with Crippen LogP contribution in [0.15, 0.2) is 73.1 Å². The Bertz CT molecular complexity index is 1330. The molecule has 2 aromatic carbocycles. The molecule has 0 bridgehead atoms. The summed E-state index contributed by atoms with van der Waals surface area (Å²) < 4.78 is 19.4. The molecule has 1 amide bonds. The quantitative estimate of drug-likeness (QED) is 0.437. The Balaban J connectivity index is 0.000000330. The maximum absolute atomic E-state index is 12.8. The van der Waals surface area contributed by atoms with Gasteiger partial charge in [-0.3, -0.25) is 4.79 Å². The maximum Gasteiger partial charge on any atom is 0.255 e. The van der Waals surface area contributed by atoms with Crippen molar-refractivity contribution in [2.75, 3.05) is 18.0 Å². The van der Waals surface area contributed by atoms with Crippen LogP contribution in [0.3, 0.4) is 0 Å². The summed E-state index contributed by atoms with van der Waals surface area (Å²) in [4.78, 5) is 19.1. The Morgan fingerprint density at radius 1 is 1.06 bits per heavy atom. The summed E-state index contributed by atoms with van der Waals surface area (Å²) in [5.74, 6) is 0.687. The van der Waals surface area contributed by atoms with Gasteiger partial charge in [-0.15, -0.1) is 5.10 Å². The van der Waals surface area contributed by atoms with E-state index in [2.05, 4.69) is 20.3 Å². The minimum Gasteiger partial charge on any atom is -0.504 e. The zero-order valence-electron chi connectivity index (χ0n) is 19.8. The number of nitrogens with one attached hydrogen (secondary N) is 1. The lowest BCUT2D eigenvalue weighted by atomic mass is 9.96. The molecule has 4 aromatic rings. The Morgan fingerprint density at radius 3 is 2.61 bits per heavy atom. The highest BCUT2D eigenvalue weighted by Gasteiger charge is 2.27. The van der Waals surface area contributed by atoms with Crippen LogP contribution in [-0.4, -0.2) is 50.8 Å². The number of phenolic OH excluding ortho intramolecular Hbond substituents is 1. The largest absolute Gasteiger partial charge is 0.504 e. The van der Waals surface area contributed by atoms with Crippen LogP contribution in [0.2, 0.25) is 0 Å². The second-order valence-corrected chi connectivity index (χ2v) is 8.95. The predicted molar refractivity (Wildman–Crippen MR) is 134 cm³/mol. The number of carbonyl (C=O) groups excluding carboxylic acids is 1. The van der Waals surface area contributed by atoms with Gasteiger partial charge in [-0.05, 0) is 62.1 Å². The van der Waals surface area contributed by atoms with Crippen molar-refractivity contribution >= 4 is 17.4 Å². The number of phenols is 1. The molecular weight excluding hydrogens is 461 g/mol. The van der Waals surface area contributed by atoms with E-state index in [1.165, 1.54) is 12.1 Å². The Hall–Kier alpha value is -4.14. The monoisotopic (exact) mass is 489 g/mol. The van der Waals surface area contributed by atoms with Gasteiger partial charge in [0.25, 0.3) is 5.91 Å². The highest BCUT2D eigenvalue weighted by atomic mass is 19.1. The molecule has 2 aromatic heterocycles. The normalized spacial score (nSPS) is 17.2. The van der Waals surface area contributed by atoms with Gasteiger partial charge in [0, 0.05) is 31.5 Å². The van der Waals surface area contributed by atoms with Gasteiger partial charge < -0.3 is 20.1 Å². The molecule has 1 atom stereocenters. The first kappa shape index (κ1) is 23.6. The molecule has 3 heterocycles. The molecule has 0 unspecified atom stereocenters. The fourth-order valence-corrected chi connectivity index (χ4v) is 4.21. The molecule has 6 rings (SSSR count). The smallest absolute Gasteiger partial charge is 0.255 e. The number of hydrogen-bond acceptors (Lipinski definition) is 6. The van der Waals surface area contributed by atoms with E-state index in [-0.39, 0.29) is 35.2 Å². The molecule has 9 heteroatoms. The minimum absolute atomic E-state index is 0.0154. The van der Waals surface area contributed by atoms with Gasteiger partial charge in [-0.25, -0.2) is 13.9 Å². The molecule has 2 N–H and O–H groups in total. The molecule has 2 aliphatic rings. The standard InChI is InChI=1S/C21H23N5O3.C6H5F/c27-20-16(5-2-6-17(20)29-15-3-1-4-15)21(28)23-14-9-11-25(13-14)19-8-7-18-22-10-12-26(18)24-19;7-6-4-2-1-3-5-6/h2,5-8,10,12,14-15,27H,1,3-4,9,11,13H2,(H,23,28);1-5H/t14-;/m0./s1. The fourth-order valence-electron chi connectivity index (χ4n) is 4.21. The average molecular weight is 490 g/mol. The van der Waals surface area contributed by atoms with Crippen LogP contribution in [-0.2, 0) is 0 Å². The number of amides is 1. The second kappa shape index (κ2) is 10.6. The molecule has 1 saturated carbocycles. The van der Waals surface area contributed by atoms with Gasteiger partial charge in [-0.1, -0.05) is 24.3 Å². The number of para-hydroxylation sites is 1. The Labute approximate surface area is 208 Å². The van der Waals surface area contributed by atoms with E-state index in [1.54, 1.807) is 47.1 Å². The molecule has 8 nitrogen and oxygen atoms in total. The van der Waals surface area contributed by atoms with Gasteiger partial charge in [0.2, 0.25) is 0 Å².